The maximum Gasteiger partial charge on any atom is 0.335 e. The van der Waals surface area contributed by atoms with Crippen LogP contribution in [0, 0.1) is 5.92 Å². The Labute approximate surface area is 93.8 Å². The van der Waals surface area contributed by atoms with Crippen LogP contribution in [0.15, 0.2) is 30.3 Å². The Balaban J connectivity index is 1.75. The lowest BCUT2D eigenvalue weighted by molar-refractivity contribution is -0.144. The van der Waals surface area contributed by atoms with E-state index in [-0.39, 0.29) is 12.5 Å². The zero-order valence-electron chi connectivity index (χ0n) is 8.83. The lowest BCUT2D eigenvalue weighted by Crippen LogP contribution is -2.25. The minimum Gasteiger partial charge on any atom is -0.463 e. The quantitative estimate of drug-likeness (QED) is 0.763. The van der Waals surface area contributed by atoms with E-state index in [1.807, 2.05) is 30.3 Å². The third kappa shape index (κ3) is 2.59. The van der Waals surface area contributed by atoms with Gasteiger partial charge in [-0.15, -0.1) is 0 Å². The number of ether oxygens (including phenoxy) is 2. The number of carbonyl (C=O) groups is 1. The summed E-state index contributed by atoms with van der Waals surface area (Å²) in [5.74, 6) is -0.787. The third-order valence-corrected chi connectivity index (χ3v) is 2.57. The highest BCUT2D eigenvalue weighted by molar-refractivity contribution is 5.76. The zero-order valence-corrected chi connectivity index (χ0v) is 8.83. The second-order valence-corrected chi connectivity index (χ2v) is 3.84. The zero-order chi connectivity index (χ0) is 11.4. The van der Waals surface area contributed by atoms with Gasteiger partial charge in [0.05, 0.1) is 25.7 Å². The van der Waals surface area contributed by atoms with Crippen LogP contribution in [0.25, 0.3) is 0 Å². The van der Waals surface area contributed by atoms with Crippen molar-refractivity contribution in [3.63, 3.8) is 0 Å². The van der Waals surface area contributed by atoms with Crippen molar-refractivity contribution >= 4 is 5.97 Å². The summed E-state index contributed by atoms with van der Waals surface area (Å²) >= 11 is 0. The number of cyclic esters (lactones) is 1. The Bertz CT molecular complexity index is 349. The van der Waals surface area contributed by atoms with Crippen molar-refractivity contribution in [2.75, 3.05) is 13.2 Å². The topological polar surface area (TPSA) is 55.8 Å². The van der Waals surface area contributed by atoms with E-state index >= 15 is 0 Å². The fraction of sp³-hybridized carbons (Fsp3) is 0.417. The predicted molar refractivity (Wildman–Crippen MR) is 56.6 cm³/mol. The molecule has 1 heterocycles. The molecule has 0 aromatic heterocycles. The molecule has 1 aromatic rings. The fourth-order valence-electron chi connectivity index (χ4n) is 1.60. The minimum atomic E-state index is -1.03. The molecule has 0 aliphatic carbocycles. The van der Waals surface area contributed by atoms with Gasteiger partial charge >= 0.3 is 5.97 Å². The fourth-order valence-corrected chi connectivity index (χ4v) is 1.60. The Kier molecular flexibility index (Phi) is 3.54. The van der Waals surface area contributed by atoms with E-state index in [1.54, 1.807) is 0 Å². The first-order valence-electron chi connectivity index (χ1n) is 5.24. The van der Waals surface area contributed by atoms with Crippen LogP contribution in [0.5, 0.6) is 0 Å². The number of aliphatic hydroxyl groups is 1. The van der Waals surface area contributed by atoms with Crippen LogP contribution in [0.4, 0.5) is 0 Å². The standard InChI is InChI=1S/C12H14O4/c13-11-10(8-16-12(11)14)7-15-6-9-4-2-1-3-5-9/h1-5,10-11,13H,6-8H2/t10-,11-/m1/s1. The average Bonchev–Trinajstić information content (AvgIpc) is 2.62. The third-order valence-electron chi connectivity index (χ3n) is 2.57. The second kappa shape index (κ2) is 5.09. The summed E-state index contributed by atoms with van der Waals surface area (Å²) in [6.45, 7) is 1.06. The van der Waals surface area contributed by atoms with E-state index in [4.69, 9.17) is 9.47 Å². The Hall–Kier alpha value is -1.39. The number of benzene rings is 1. The number of hydrogen-bond donors (Lipinski definition) is 1. The molecule has 1 aliphatic rings. The molecule has 1 aromatic carbocycles. The lowest BCUT2D eigenvalue weighted by Gasteiger charge is -2.10. The van der Waals surface area contributed by atoms with Crippen LogP contribution in [0.2, 0.25) is 0 Å². The van der Waals surface area contributed by atoms with Gasteiger partial charge in [0.1, 0.15) is 0 Å². The van der Waals surface area contributed by atoms with Crippen molar-refractivity contribution in [2.24, 2.45) is 5.92 Å². The number of carbonyl (C=O) groups excluding carboxylic acids is 1. The first kappa shape index (κ1) is 11.1. The van der Waals surface area contributed by atoms with Gasteiger partial charge in [0.25, 0.3) is 0 Å². The van der Waals surface area contributed by atoms with Gasteiger partial charge in [-0.3, -0.25) is 0 Å². The molecule has 2 atom stereocenters. The summed E-state index contributed by atoms with van der Waals surface area (Å²) < 4.78 is 10.1. The number of esters is 1. The van der Waals surface area contributed by atoms with Gasteiger partial charge in [0.2, 0.25) is 0 Å². The van der Waals surface area contributed by atoms with Crippen molar-refractivity contribution in [3.05, 3.63) is 35.9 Å². The van der Waals surface area contributed by atoms with E-state index in [0.29, 0.717) is 13.2 Å². The van der Waals surface area contributed by atoms with E-state index in [2.05, 4.69) is 0 Å². The molecule has 1 aliphatic heterocycles. The summed E-state index contributed by atoms with van der Waals surface area (Å²) in [5.41, 5.74) is 1.07. The van der Waals surface area contributed by atoms with Crippen molar-refractivity contribution in [1.82, 2.24) is 0 Å². The second-order valence-electron chi connectivity index (χ2n) is 3.84. The number of hydrogen-bond acceptors (Lipinski definition) is 4. The molecule has 4 heteroatoms. The van der Waals surface area contributed by atoms with Gasteiger partial charge in [-0.1, -0.05) is 30.3 Å². The van der Waals surface area contributed by atoms with E-state index in [0.717, 1.165) is 5.56 Å². The largest absolute Gasteiger partial charge is 0.463 e. The Morgan fingerprint density at radius 1 is 1.38 bits per heavy atom. The highest BCUT2D eigenvalue weighted by atomic mass is 16.6. The van der Waals surface area contributed by atoms with E-state index in [9.17, 15) is 9.90 Å². The van der Waals surface area contributed by atoms with Crippen molar-refractivity contribution in [1.29, 1.82) is 0 Å². The summed E-state index contributed by atoms with van der Waals surface area (Å²) in [7, 11) is 0. The maximum absolute atomic E-state index is 10.9. The highest BCUT2D eigenvalue weighted by Crippen LogP contribution is 2.15. The van der Waals surface area contributed by atoms with E-state index < -0.39 is 12.1 Å². The van der Waals surface area contributed by atoms with Gasteiger partial charge in [-0.2, -0.15) is 0 Å². The molecule has 0 saturated carbocycles. The Morgan fingerprint density at radius 3 is 2.75 bits per heavy atom. The molecule has 4 nitrogen and oxygen atoms in total. The summed E-state index contributed by atoms with van der Waals surface area (Å²) in [5, 5.41) is 9.40. The molecule has 16 heavy (non-hydrogen) atoms. The van der Waals surface area contributed by atoms with Crippen LogP contribution in [0.3, 0.4) is 0 Å². The molecule has 1 fully saturated rings. The molecule has 1 saturated heterocycles. The first-order valence-corrected chi connectivity index (χ1v) is 5.24. The molecule has 0 spiro atoms. The summed E-state index contributed by atoms with van der Waals surface area (Å²) in [6, 6.07) is 9.75. The summed E-state index contributed by atoms with van der Waals surface area (Å²) in [6.07, 6.45) is -1.03. The van der Waals surface area contributed by atoms with Crippen LogP contribution < -0.4 is 0 Å². The summed E-state index contributed by atoms with van der Waals surface area (Å²) in [4.78, 5) is 10.9. The molecule has 0 bridgehead atoms. The molecule has 1 N–H and O–H groups in total. The van der Waals surface area contributed by atoms with Gasteiger partial charge < -0.3 is 14.6 Å². The van der Waals surface area contributed by atoms with Crippen LogP contribution >= 0.6 is 0 Å². The number of aliphatic hydroxyl groups excluding tert-OH is 1. The van der Waals surface area contributed by atoms with Crippen molar-refractivity contribution < 1.29 is 19.4 Å². The van der Waals surface area contributed by atoms with Crippen molar-refractivity contribution in [3.8, 4) is 0 Å². The van der Waals surface area contributed by atoms with Gasteiger partial charge in [0, 0.05) is 0 Å². The molecule has 2 rings (SSSR count). The molecular formula is C12H14O4. The monoisotopic (exact) mass is 222 g/mol. The SMILES string of the molecule is O=C1OC[C@@H](COCc2ccccc2)[C@H]1O. The normalized spacial score (nSPS) is 24.4. The molecule has 0 radical (unpaired) electrons. The smallest absolute Gasteiger partial charge is 0.335 e. The lowest BCUT2D eigenvalue weighted by atomic mass is 10.1. The van der Waals surface area contributed by atoms with Gasteiger partial charge in [-0.25, -0.2) is 4.79 Å². The molecular weight excluding hydrogens is 208 g/mol. The molecule has 0 amide bonds. The van der Waals surface area contributed by atoms with Crippen molar-refractivity contribution in [2.45, 2.75) is 12.7 Å². The first-order chi connectivity index (χ1) is 7.77. The molecule has 0 unspecified atom stereocenters. The van der Waals surface area contributed by atoms with E-state index in [1.165, 1.54) is 0 Å². The number of rotatable bonds is 4. The van der Waals surface area contributed by atoms with Crippen LogP contribution in [0.1, 0.15) is 5.56 Å². The van der Waals surface area contributed by atoms with Gasteiger partial charge in [0.15, 0.2) is 6.10 Å². The average molecular weight is 222 g/mol. The maximum atomic E-state index is 10.9. The van der Waals surface area contributed by atoms with Crippen LogP contribution in [-0.4, -0.2) is 30.4 Å². The van der Waals surface area contributed by atoms with Crippen LogP contribution in [-0.2, 0) is 20.9 Å². The minimum absolute atomic E-state index is 0.240. The predicted octanol–water partition coefficient (Wildman–Crippen LogP) is 0.737. The molecule has 86 valence electrons. The Morgan fingerprint density at radius 2 is 2.12 bits per heavy atom. The highest BCUT2D eigenvalue weighted by Gasteiger charge is 2.35. The van der Waals surface area contributed by atoms with Gasteiger partial charge in [-0.05, 0) is 5.56 Å².